The normalized spacial score (nSPS) is 10.4. The highest BCUT2D eigenvalue weighted by Crippen LogP contribution is 2.24. The minimum absolute atomic E-state index is 0.490. The second kappa shape index (κ2) is 5.05. The van der Waals surface area contributed by atoms with E-state index in [0.29, 0.717) is 17.3 Å². The van der Waals surface area contributed by atoms with Crippen molar-refractivity contribution in [3.63, 3.8) is 0 Å². The van der Waals surface area contributed by atoms with E-state index in [-0.39, 0.29) is 0 Å². The Morgan fingerprint density at radius 2 is 2.05 bits per heavy atom. The van der Waals surface area contributed by atoms with Crippen LogP contribution in [0.3, 0.4) is 0 Å². The van der Waals surface area contributed by atoms with Crippen molar-refractivity contribution in [1.82, 2.24) is 14.5 Å². The summed E-state index contributed by atoms with van der Waals surface area (Å²) in [4.78, 5) is 8.37. The van der Waals surface area contributed by atoms with E-state index in [1.165, 1.54) is 6.33 Å². The molecule has 0 aliphatic heterocycles. The molecule has 5 heteroatoms. The summed E-state index contributed by atoms with van der Waals surface area (Å²) in [5.41, 5.74) is 8.21. The molecule has 100 valence electrons. The zero-order valence-electron chi connectivity index (χ0n) is 11.0. The Morgan fingerprint density at radius 1 is 1.15 bits per heavy atom. The first kappa shape index (κ1) is 12.2. The van der Waals surface area contributed by atoms with Crippen LogP contribution < -0.4 is 10.5 Å². The summed E-state index contributed by atoms with van der Waals surface area (Å²) in [6.07, 6.45) is 5.45. The molecular formula is C15H14N4O. The summed E-state index contributed by atoms with van der Waals surface area (Å²) in [6, 6.07) is 11.0. The van der Waals surface area contributed by atoms with Gasteiger partial charge in [-0.25, -0.2) is 9.97 Å². The van der Waals surface area contributed by atoms with Crippen LogP contribution in [0.2, 0.25) is 0 Å². The number of benzene rings is 1. The highest BCUT2D eigenvalue weighted by molar-refractivity contribution is 5.59. The van der Waals surface area contributed by atoms with Gasteiger partial charge >= 0.3 is 0 Å². The SMILES string of the molecule is Cn1ccc(-c2cc(Oc3cccc(N)c3)ncn2)c1. The lowest BCUT2D eigenvalue weighted by atomic mass is 10.2. The van der Waals surface area contributed by atoms with Crippen molar-refractivity contribution in [2.24, 2.45) is 7.05 Å². The molecule has 0 aliphatic carbocycles. The third-order valence-corrected chi connectivity index (χ3v) is 2.85. The van der Waals surface area contributed by atoms with Crippen LogP contribution in [0.4, 0.5) is 5.69 Å². The molecular weight excluding hydrogens is 252 g/mol. The van der Waals surface area contributed by atoms with Gasteiger partial charge in [0.05, 0.1) is 5.69 Å². The van der Waals surface area contributed by atoms with E-state index in [4.69, 9.17) is 10.5 Å². The molecule has 20 heavy (non-hydrogen) atoms. The van der Waals surface area contributed by atoms with Crippen LogP contribution in [0.25, 0.3) is 11.3 Å². The lowest BCUT2D eigenvalue weighted by Crippen LogP contribution is -1.92. The van der Waals surface area contributed by atoms with Gasteiger partial charge in [-0.1, -0.05) is 6.07 Å². The van der Waals surface area contributed by atoms with Gasteiger partial charge in [0.15, 0.2) is 0 Å². The number of aryl methyl sites for hydroxylation is 1. The second-order valence-electron chi connectivity index (χ2n) is 4.48. The molecule has 1 aromatic carbocycles. The van der Waals surface area contributed by atoms with Crippen LogP contribution >= 0.6 is 0 Å². The van der Waals surface area contributed by atoms with Gasteiger partial charge in [0, 0.05) is 42.8 Å². The third kappa shape index (κ3) is 2.61. The van der Waals surface area contributed by atoms with E-state index < -0.39 is 0 Å². The molecule has 0 saturated heterocycles. The van der Waals surface area contributed by atoms with Gasteiger partial charge in [0.2, 0.25) is 5.88 Å². The molecule has 0 spiro atoms. The van der Waals surface area contributed by atoms with Gasteiger partial charge < -0.3 is 15.0 Å². The quantitative estimate of drug-likeness (QED) is 0.740. The standard InChI is InChI=1S/C15H14N4O/c1-19-6-5-11(9-19)14-8-15(18-10-17-14)20-13-4-2-3-12(16)7-13/h2-10H,16H2,1H3. The van der Waals surface area contributed by atoms with E-state index in [9.17, 15) is 0 Å². The number of nitrogens with two attached hydrogens (primary N) is 1. The Balaban J connectivity index is 1.88. The number of ether oxygens (including phenoxy) is 1. The molecule has 2 N–H and O–H groups in total. The summed E-state index contributed by atoms with van der Waals surface area (Å²) < 4.78 is 7.66. The van der Waals surface area contributed by atoms with Crippen LogP contribution in [-0.2, 0) is 7.05 Å². The number of nitrogen functional groups attached to an aromatic ring is 1. The molecule has 0 atom stereocenters. The smallest absolute Gasteiger partial charge is 0.222 e. The lowest BCUT2D eigenvalue weighted by Gasteiger charge is -2.06. The van der Waals surface area contributed by atoms with E-state index in [0.717, 1.165) is 11.3 Å². The molecule has 2 aromatic heterocycles. The first-order valence-electron chi connectivity index (χ1n) is 6.18. The maximum atomic E-state index is 5.72. The first-order valence-corrected chi connectivity index (χ1v) is 6.18. The van der Waals surface area contributed by atoms with E-state index in [1.54, 1.807) is 12.1 Å². The van der Waals surface area contributed by atoms with Gasteiger partial charge in [0.25, 0.3) is 0 Å². The molecule has 0 amide bonds. The summed E-state index contributed by atoms with van der Waals surface area (Å²) >= 11 is 0. The maximum absolute atomic E-state index is 5.72. The van der Waals surface area contributed by atoms with Crippen molar-refractivity contribution < 1.29 is 4.74 Å². The molecule has 3 aromatic rings. The number of hydrogen-bond acceptors (Lipinski definition) is 4. The largest absolute Gasteiger partial charge is 0.439 e. The summed E-state index contributed by atoms with van der Waals surface area (Å²) in [6.45, 7) is 0. The molecule has 0 aliphatic rings. The van der Waals surface area contributed by atoms with Crippen LogP contribution in [0.1, 0.15) is 0 Å². The second-order valence-corrected chi connectivity index (χ2v) is 4.48. The zero-order chi connectivity index (χ0) is 13.9. The molecule has 0 fully saturated rings. The van der Waals surface area contributed by atoms with E-state index in [2.05, 4.69) is 9.97 Å². The number of hydrogen-bond donors (Lipinski definition) is 1. The Hall–Kier alpha value is -2.82. The first-order chi connectivity index (χ1) is 9.70. The fraction of sp³-hybridized carbons (Fsp3) is 0.0667. The van der Waals surface area contributed by atoms with Gasteiger partial charge in [-0.15, -0.1) is 0 Å². The Bertz CT molecular complexity index is 736. The molecule has 0 radical (unpaired) electrons. The van der Waals surface area contributed by atoms with Gasteiger partial charge in [0.1, 0.15) is 12.1 Å². The molecule has 0 bridgehead atoms. The molecule has 5 nitrogen and oxygen atoms in total. The zero-order valence-corrected chi connectivity index (χ0v) is 11.0. The predicted octanol–water partition coefficient (Wildman–Crippen LogP) is 2.86. The molecule has 2 heterocycles. The van der Waals surface area contributed by atoms with Crippen molar-refractivity contribution in [3.8, 4) is 22.9 Å². The van der Waals surface area contributed by atoms with Crippen molar-refractivity contribution >= 4 is 5.69 Å². The highest BCUT2D eigenvalue weighted by atomic mass is 16.5. The fourth-order valence-corrected chi connectivity index (χ4v) is 1.91. The van der Waals surface area contributed by atoms with Gasteiger partial charge in [-0.05, 0) is 18.2 Å². The number of rotatable bonds is 3. The third-order valence-electron chi connectivity index (χ3n) is 2.85. The van der Waals surface area contributed by atoms with E-state index in [1.807, 2.05) is 48.3 Å². The van der Waals surface area contributed by atoms with Crippen molar-refractivity contribution in [2.75, 3.05) is 5.73 Å². The van der Waals surface area contributed by atoms with E-state index >= 15 is 0 Å². The average molecular weight is 266 g/mol. The number of anilines is 1. The fourth-order valence-electron chi connectivity index (χ4n) is 1.91. The lowest BCUT2D eigenvalue weighted by molar-refractivity contribution is 0.462. The predicted molar refractivity (Wildman–Crippen MR) is 77.4 cm³/mol. The van der Waals surface area contributed by atoms with Crippen LogP contribution in [0, 0.1) is 0 Å². The van der Waals surface area contributed by atoms with Gasteiger partial charge in [-0.2, -0.15) is 0 Å². The Morgan fingerprint density at radius 3 is 2.80 bits per heavy atom. The Labute approximate surface area is 116 Å². The summed E-state index contributed by atoms with van der Waals surface area (Å²) in [7, 11) is 1.97. The molecule has 3 rings (SSSR count). The Kier molecular flexibility index (Phi) is 3.09. The van der Waals surface area contributed by atoms with Crippen molar-refractivity contribution in [1.29, 1.82) is 0 Å². The van der Waals surface area contributed by atoms with Crippen LogP contribution in [0.15, 0.2) is 55.1 Å². The molecule has 0 saturated carbocycles. The minimum Gasteiger partial charge on any atom is -0.439 e. The topological polar surface area (TPSA) is 66.0 Å². The highest BCUT2D eigenvalue weighted by Gasteiger charge is 2.05. The summed E-state index contributed by atoms with van der Waals surface area (Å²) in [5.74, 6) is 1.15. The van der Waals surface area contributed by atoms with Crippen molar-refractivity contribution in [3.05, 3.63) is 55.1 Å². The number of aromatic nitrogens is 3. The molecule has 0 unspecified atom stereocenters. The monoisotopic (exact) mass is 266 g/mol. The van der Waals surface area contributed by atoms with Crippen LogP contribution in [-0.4, -0.2) is 14.5 Å². The summed E-state index contributed by atoms with van der Waals surface area (Å²) in [5, 5.41) is 0. The average Bonchev–Trinajstić information content (AvgIpc) is 2.86. The maximum Gasteiger partial charge on any atom is 0.222 e. The van der Waals surface area contributed by atoms with Crippen LogP contribution in [0.5, 0.6) is 11.6 Å². The minimum atomic E-state index is 0.490. The van der Waals surface area contributed by atoms with Crippen molar-refractivity contribution in [2.45, 2.75) is 0 Å². The number of nitrogens with zero attached hydrogens (tertiary/aromatic N) is 3. The van der Waals surface area contributed by atoms with Gasteiger partial charge in [-0.3, -0.25) is 0 Å².